The summed E-state index contributed by atoms with van der Waals surface area (Å²) in [5.41, 5.74) is 10.8. The van der Waals surface area contributed by atoms with Crippen LogP contribution in [0.25, 0.3) is 0 Å². The number of nitrogens with zero attached hydrogens (tertiary/aromatic N) is 1. The summed E-state index contributed by atoms with van der Waals surface area (Å²) >= 11 is 0. The van der Waals surface area contributed by atoms with Gasteiger partial charge < -0.3 is 5.73 Å². The van der Waals surface area contributed by atoms with E-state index >= 15 is 0 Å². The van der Waals surface area contributed by atoms with E-state index in [1.807, 2.05) is 24.3 Å². The number of para-hydroxylation sites is 1. The van der Waals surface area contributed by atoms with Crippen LogP contribution in [0.3, 0.4) is 0 Å². The van der Waals surface area contributed by atoms with Crippen molar-refractivity contribution in [2.24, 2.45) is 0 Å². The highest BCUT2D eigenvalue weighted by atomic mass is 16.2. The Morgan fingerprint density at radius 3 is 2.60 bits per heavy atom. The number of benzene rings is 1. The molecule has 1 aromatic carbocycles. The number of nitrogens with one attached hydrogen (secondary N) is 1. The van der Waals surface area contributed by atoms with E-state index in [1.54, 1.807) is 0 Å². The van der Waals surface area contributed by atoms with Crippen LogP contribution in [0.2, 0.25) is 0 Å². The van der Waals surface area contributed by atoms with Crippen LogP contribution in [0.4, 0.5) is 5.69 Å². The second kappa shape index (κ2) is 6.75. The number of nitrogen functional groups attached to an aromatic ring is 1. The summed E-state index contributed by atoms with van der Waals surface area (Å²) in [5, 5.41) is 2.11. The van der Waals surface area contributed by atoms with Crippen LogP contribution in [0.15, 0.2) is 24.3 Å². The van der Waals surface area contributed by atoms with E-state index in [1.165, 1.54) is 6.42 Å². The molecule has 1 aromatic rings. The molecule has 0 bridgehead atoms. The van der Waals surface area contributed by atoms with E-state index in [4.69, 9.17) is 5.73 Å². The van der Waals surface area contributed by atoms with Gasteiger partial charge in [-0.1, -0.05) is 24.6 Å². The number of carbonyl (C=O) groups is 1. The summed E-state index contributed by atoms with van der Waals surface area (Å²) in [7, 11) is 0. The number of nitrogens with two attached hydrogens (primary N) is 1. The molecule has 4 nitrogen and oxygen atoms in total. The number of aryl methyl sites for hydroxylation is 1. The number of hydrogen-bond acceptors (Lipinski definition) is 3. The molecule has 0 saturated carbocycles. The monoisotopic (exact) mass is 275 g/mol. The second-order valence-electron chi connectivity index (χ2n) is 5.77. The van der Waals surface area contributed by atoms with Gasteiger partial charge in [-0.3, -0.25) is 10.2 Å². The maximum Gasteiger partial charge on any atom is 0.234 e. The Morgan fingerprint density at radius 2 is 1.95 bits per heavy atom. The number of rotatable bonds is 4. The first kappa shape index (κ1) is 14.9. The highest BCUT2D eigenvalue weighted by molar-refractivity contribution is 5.76. The Hall–Kier alpha value is -1.55. The van der Waals surface area contributed by atoms with Gasteiger partial charge in [0.05, 0.1) is 0 Å². The maximum absolute atomic E-state index is 12.1. The minimum absolute atomic E-state index is 0.0776. The molecule has 3 N–H and O–H groups in total. The van der Waals surface area contributed by atoms with Crippen LogP contribution in [0, 0.1) is 0 Å². The third-order valence-electron chi connectivity index (χ3n) is 4.12. The molecule has 0 spiro atoms. The minimum Gasteiger partial charge on any atom is -0.399 e. The summed E-state index contributed by atoms with van der Waals surface area (Å²) < 4.78 is 0. The van der Waals surface area contributed by atoms with Gasteiger partial charge in [0.2, 0.25) is 5.91 Å². The van der Waals surface area contributed by atoms with Gasteiger partial charge in [0.25, 0.3) is 0 Å². The topological polar surface area (TPSA) is 58.4 Å². The summed E-state index contributed by atoms with van der Waals surface area (Å²) in [6.45, 7) is 4.34. The molecule has 1 saturated heterocycles. The van der Waals surface area contributed by atoms with Gasteiger partial charge >= 0.3 is 0 Å². The predicted molar refractivity (Wildman–Crippen MR) is 81.9 cm³/mol. The van der Waals surface area contributed by atoms with E-state index in [0.717, 1.165) is 24.1 Å². The predicted octanol–water partition coefficient (Wildman–Crippen LogP) is 2.50. The van der Waals surface area contributed by atoms with Crippen molar-refractivity contribution in [1.82, 2.24) is 10.4 Å². The van der Waals surface area contributed by atoms with Crippen LogP contribution < -0.4 is 11.2 Å². The number of hydrogen-bond donors (Lipinski definition) is 2. The zero-order valence-corrected chi connectivity index (χ0v) is 12.4. The number of carbonyl (C=O) groups excluding carboxylic acids is 1. The number of piperidine rings is 1. The van der Waals surface area contributed by atoms with Crippen LogP contribution in [-0.4, -0.2) is 23.0 Å². The Balaban J connectivity index is 1.85. The second-order valence-corrected chi connectivity index (χ2v) is 5.77. The van der Waals surface area contributed by atoms with Crippen molar-refractivity contribution in [3.8, 4) is 0 Å². The first-order valence-electron chi connectivity index (χ1n) is 7.49. The minimum atomic E-state index is 0.0776. The zero-order valence-electron chi connectivity index (χ0n) is 12.4. The molecule has 1 heterocycles. The van der Waals surface area contributed by atoms with E-state index in [0.29, 0.717) is 24.9 Å². The normalized spacial score (nSPS) is 23.5. The molecule has 0 radical (unpaired) electrons. The first-order chi connectivity index (χ1) is 9.58. The average molecular weight is 275 g/mol. The molecule has 2 atom stereocenters. The Morgan fingerprint density at radius 1 is 1.30 bits per heavy atom. The first-order valence-corrected chi connectivity index (χ1v) is 7.49. The Labute approximate surface area is 121 Å². The standard InChI is InChI=1S/C16H25N3O/c1-12-6-5-7-13(2)19(12)18-16(20)11-10-14-8-3-4-9-15(14)17/h3-4,8-9,12-13H,5-7,10-11,17H2,1-2H3,(H,18,20). The Bertz CT molecular complexity index is 451. The highest BCUT2D eigenvalue weighted by Crippen LogP contribution is 2.20. The quantitative estimate of drug-likeness (QED) is 0.830. The summed E-state index contributed by atoms with van der Waals surface area (Å²) in [6, 6.07) is 8.57. The summed E-state index contributed by atoms with van der Waals surface area (Å²) in [6.07, 6.45) is 4.71. The van der Waals surface area contributed by atoms with Crippen LogP contribution in [-0.2, 0) is 11.2 Å². The van der Waals surface area contributed by atoms with Crippen molar-refractivity contribution in [2.45, 2.75) is 58.0 Å². The van der Waals surface area contributed by atoms with E-state index in [-0.39, 0.29) is 5.91 Å². The van der Waals surface area contributed by atoms with Gasteiger partial charge in [0.15, 0.2) is 0 Å². The van der Waals surface area contributed by atoms with Gasteiger partial charge in [-0.05, 0) is 44.7 Å². The fourth-order valence-corrected chi connectivity index (χ4v) is 2.85. The van der Waals surface area contributed by atoms with Gasteiger partial charge in [-0.15, -0.1) is 0 Å². The van der Waals surface area contributed by atoms with E-state index in [2.05, 4.69) is 24.3 Å². The molecule has 2 rings (SSSR count). The smallest absolute Gasteiger partial charge is 0.234 e. The van der Waals surface area contributed by atoms with Gasteiger partial charge in [-0.2, -0.15) is 0 Å². The highest BCUT2D eigenvalue weighted by Gasteiger charge is 2.25. The largest absolute Gasteiger partial charge is 0.399 e. The third kappa shape index (κ3) is 3.73. The van der Waals surface area contributed by atoms with Crippen LogP contribution in [0.5, 0.6) is 0 Å². The van der Waals surface area contributed by atoms with Crippen molar-refractivity contribution in [3.05, 3.63) is 29.8 Å². The van der Waals surface area contributed by atoms with Crippen molar-refractivity contribution >= 4 is 11.6 Å². The van der Waals surface area contributed by atoms with Crippen molar-refractivity contribution in [3.63, 3.8) is 0 Å². The number of amides is 1. The van der Waals surface area contributed by atoms with Crippen molar-refractivity contribution in [1.29, 1.82) is 0 Å². The van der Waals surface area contributed by atoms with E-state index < -0.39 is 0 Å². The molecular formula is C16H25N3O. The van der Waals surface area contributed by atoms with Crippen molar-refractivity contribution in [2.75, 3.05) is 5.73 Å². The molecule has 0 aliphatic carbocycles. The Kier molecular flexibility index (Phi) is 5.01. The van der Waals surface area contributed by atoms with Gasteiger partial charge in [0, 0.05) is 24.2 Å². The summed E-state index contributed by atoms with van der Waals surface area (Å²) in [4.78, 5) is 12.1. The fraction of sp³-hybridized carbons (Fsp3) is 0.562. The molecule has 1 fully saturated rings. The van der Waals surface area contributed by atoms with Crippen LogP contribution in [0.1, 0.15) is 45.1 Å². The van der Waals surface area contributed by atoms with Crippen molar-refractivity contribution < 1.29 is 4.79 Å². The molecule has 2 unspecified atom stereocenters. The third-order valence-corrected chi connectivity index (χ3v) is 4.12. The molecule has 110 valence electrons. The maximum atomic E-state index is 12.1. The molecule has 1 aliphatic heterocycles. The molecular weight excluding hydrogens is 250 g/mol. The van der Waals surface area contributed by atoms with Gasteiger partial charge in [-0.25, -0.2) is 5.01 Å². The molecule has 4 heteroatoms. The number of anilines is 1. The lowest BCUT2D eigenvalue weighted by atomic mass is 10.00. The molecule has 20 heavy (non-hydrogen) atoms. The average Bonchev–Trinajstić information content (AvgIpc) is 2.42. The molecule has 0 aromatic heterocycles. The molecule has 1 amide bonds. The van der Waals surface area contributed by atoms with E-state index in [9.17, 15) is 4.79 Å². The van der Waals surface area contributed by atoms with Gasteiger partial charge in [0.1, 0.15) is 0 Å². The lowest BCUT2D eigenvalue weighted by Crippen LogP contribution is -2.54. The lowest BCUT2D eigenvalue weighted by molar-refractivity contribution is -0.129. The SMILES string of the molecule is CC1CCCC(C)N1NC(=O)CCc1ccccc1N. The lowest BCUT2D eigenvalue weighted by Gasteiger charge is -2.38. The number of hydrazine groups is 1. The molecule has 1 aliphatic rings. The zero-order chi connectivity index (χ0) is 14.5. The summed E-state index contributed by atoms with van der Waals surface area (Å²) in [5.74, 6) is 0.0776. The fourth-order valence-electron chi connectivity index (χ4n) is 2.85. The van der Waals surface area contributed by atoms with Crippen LogP contribution >= 0.6 is 0 Å².